The number of aryl methyl sites for hydroxylation is 1. The summed E-state index contributed by atoms with van der Waals surface area (Å²) < 4.78 is 37.8. The molecule has 0 saturated heterocycles. The quantitative estimate of drug-likeness (QED) is 0.866. The molecule has 8 heteroatoms. The normalized spacial score (nSPS) is 20.9. The Labute approximate surface area is 119 Å². The number of hydrogen-bond acceptors (Lipinski definition) is 3. The van der Waals surface area contributed by atoms with Crippen LogP contribution in [-0.4, -0.2) is 18.7 Å². The Hall–Kier alpha value is -0.850. The summed E-state index contributed by atoms with van der Waals surface area (Å²) in [5.74, 6) is -2.54. The zero-order valence-corrected chi connectivity index (χ0v) is 12.1. The molecule has 1 saturated carbocycles. The van der Waals surface area contributed by atoms with Gasteiger partial charge in [-0.15, -0.1) is 23.2 Å². The van der Waals surface area contributed by atoms with E-state index < -0.39 is 36.9 Å². The lowest BCUT2D eigenvalue weighted by atomic mass is 10.2. The van der Waals surface area contributed by atoms with Crippen LogP contribution in [0.2, 0.25) is 0 Å². The smallest absolute Gasteiger partial charge is 0.266 e. The molecule has 0 aromatic heterocycles. The van der Waals surface area contributed by atoms with Gasteiger partial charge in [-0.3, -0.25) is 4.79 Å². The largest absolute Gasteiger partial charge is 0.274 e. The molecule has 0 heterocycles. The molecule has 1 aromatic carbocycles. The molecule has 0 unspecified atom stereocenters. The summed E-state index contributed by atoms with van der Waals surface area (Å²) in [5.41, 5.74) is 0.575. The minimum atomic E-state index is -4.25. The molecule has 104 valence electrons. The van der Waals surface area contributed by atoms with Gasteiger partial charge >= 0.3 is 0 Å². The van der Waals surface area contributed by atoms with Gasteiger partial charge in [0.2, 0.25) is 5.91 Å². The maximum Gasteiger partial charge on any atom is 0.266 e. The van der Waals surface area contributed by atoms with E-state index in [1.165, 1.54) is 6.07 Å². The molecule has 4 nitrogen and oxygen atoms in total. The molecular formula is C11H10Cl2FNO3S. The predicted molar refractivity (Wildman–Crippen MR) is 69.0 cm³/mol. The summed E-state index contributed by atoms with van der Waals surface area (Å²) in [5, 5.41) is 0. The monoisotopic (exact) mass is 325 g/mol. The predicted octanol–water partition coefficient (Wildman–Crippen LogP) is 2.13. The highest BCUT2D eigenvalue weighted by molar-refractivity contribution is 7.90. The van der Waals surface area contributed by atoms with Gasteiger partial charge in [0.25, 0.3) is 10.0 Å². The zero-order valence-electron chi connectivity index (χ0n) is 9.78. The molecule has 0 spiro atoms. The third-order valence-electron chi connectivity index (χ3n) is 2.75. The van der Waals surface area contributed by atoms with E-state index >= 15 is 0 Å². The van der Waals surface area contributed by atoms with Crippen LogP contribution in [0.1, 0.15) is 12.0 Å². The van der Waals surface area contributed by atoms with Crippen molar-refractivity contribution in [2.45, 2.75) is 22.6 Å². The summed E-state index contributed by atoms with van der Waals surface area (Å²) in [4.78, 5) is 11.0. The van der Waals surface area contributed by atoms with Crippen LogP contribution in [0.15, 0.2) is 23.1 Å². The average molecular weight is 326 g/mol. The summed E-state index contributed by atoms with van der Waals surface area (Å²) in [7, 11) is -4.25. The first-order chi connectivity index (χ1) is 8.63. The number of benzene rings is 1. The first-order valence-electron chi connectivity index (χ1n) is 5.34. The van der Waals surface area contributed by atoms with Crippen molar-refractivity contribution in [3.63, 3.8) is 0 Å². The fourth-order valence-corrected chi connectivity index (χ4v) is 3.17. The minimum absolute atomic E-state index is 0.174. The third kappa shape index (κ3) is 3.01. The van der Waals surface area contributed by atoms with Crippen molar-refractivity contribution in [1.82, 2.24) is 4.72 Å². The Bertz CT molecular complexity index is 645. The Morgan fingerprint density at radius 2 is 2.05 bits per heavy atom. The number of alkyl halides is 2. The van der Waals surface area contributed by atoms with Crippen LogP contribution in [0.25, 0.3) is 0 Å². The van der Waals surface area contributed by atoms with Gasteiger partial charge in [-0.05, 0) is 31.0 Å². The minimum Gasteiger partial charge on any atom is -0.274 e. The second kappa shape index (κ2) is 4.61. The van der Waals surface area contributed by atoms with Crippen molar-refractivity contribution in [2.24, 2.45) is 5.92 Å². The number of nitrogens with one attached hydrogen (secondary N) is 1. The molecule has 1 fully saturated rings. The summed E-state index contributed by atoms with van der Waals surface area (Å²) >= 11 is 11.3. The molecule has 0 bridgehead atoms. The van der Waals surface area contributed by atoms with Gasteiger partial charge in [-0.1, -0.05) is 6.07 Å². The van der Waals surface area contributed by atoms with Crippen molar-refractivity contribution in [3.05, 3.63) is 29.6 Å². The lowest BCUT2D eigenvalue weighted by molar-refractivity contribution is -0.120. The number of hydrogen-bond donors (Lipinski definition) is 1. The number of rotatable bonds is 3. The number of carbonyl (C=O) groups is 1. The van der Waals surface area contributed by atoms with Gasteiger partial charge in [0.1, 0.15) is 15.0 Å². The Balaban J connectivity index is 2.21. The van der Waals surface area contributed by atoms with Gasteiger partial charge < -0.3 is 0 Å². The van der Waals surface area contributed by atoms with Crippen LogP contribution in [-0.2, 0) is 14.8 Å². The number of halogens is 3. The molecule has 19 heavy (non-hydrogen) atoms. The van der Waals surface area contributed by atoms with E-state index in [4.69, 9.17) is 23.2 Å². The number of amides is 1. The molecule has 1 atom stereocenters. The molecule has 2 rings (SSSR count). The fourth-order valence-electron chi connectivity index (χ4n) is 1.58. The number of carbonyl (C=O) groups excluding carboxylic acids is 1. The molecule has 1 aromatic rings. The summed E-state index contributed by atoms with van der Waals surface area (Å²) in [6, 6.07) is 3.61. The van der Waals surface area contributed by atoms with Gasteiger partial charge in [-0.2, -0.15) is 0 Å². The van der Waals surface area contributed by atoms with E-state index in [0.717, 1.165) is 12.1 Å². The van der Waals surface area contributed by atoms with E-state index in [0.29, 0.717) is 5.56 Å². The van der Waals surface area contributed by atoms with Crippen LogP contribution in [0.3, 0.4) is 0 Å². The topological polar surface area (TPSA) is 63.2 Å². The third-order valence-corrected chi connectivity index (χ3v) is 4.97. The summed E-state index contributed by atoms with van der Waals surface area (Å²) in [6.45, 7) is 1.62. The van der Waals surface area contributed by atoms with Crippen LogP contribution in [0, 0.1) is 18.7 Å². The standard InChI is InChI=1S/C11H10Cl2FNO3S/c1-6-2-3-9(8(14)4-6)19(17,18)15-10(16)7-5-11(7,12)13/h2-4,7H,5H2,1H3,(H,15,16)/t7-/m1/s1. The molecule has 1 amide bonds. The van der Waals surface area contributed by atoms with Crippen LogP contribution < -0.4 is 4.72 Å². The van der Waals surface area contributed by atoms with Crippen molar-refractivity contribution in [1.29, 1.82) is 0 Å². The lowest BCUT2D eigenvalue weighted by Crippen LogP contribution is -2.33. The number of sulfonamides is 1. The van der Waals surface area contributed by atoms with E-state index in [1.807, 2.05) is 0 Å². The van der Waals surface area contributed by atoms with E-state index in [-0.39, 0.29) is 6.42 Å². The second-order valence-corrected chi connectivity index (χ2v) is 7.61. The Kier molecular flexibility index (Phi) is 3.53. The molecule has 1 N–H and O–H groups in total. The average Bonchev–Trinajstić information content (AvgIpc) is 2.86. The van der Waals surface area contributed by atoms with Gasteiger partial charge in [0, 0.05) is 0 Å². The molecule has 0 aliphatic heterocycles. The van der Waals surface area contributed by atoms with Crippen LogP contribution >= 0.6 is 23.2 Å². The van der Waals surface area contributed by atoms with E-state index in [1.54, 1.807) is 11.6 Å². The van der Waals surface area contributed by atoms with Crippen molar-refractivity contribution in [2.75, 3.05) is 0 Å². The maximum absolute atomic E-state index is 13.6. The van der Waals surface area contributed by atoms with Gasteiger partial charge in [0.15, 0.2) is 0 Å². The second-order valence-electron chi connectivity index (χ2n) is 4.42. The lowest BCUT2D eigenvalue weighted by Gasteiger charge is -2.08. The van der Waals surface area contributed by atoms with Gasteiger partial charge in [0.05, 0.1) is 5.92 Å². The van der Waals surface area contributed by atoms with Crippen LogP contribution in [0.5, 0.6) is 0 Å². The highest BCUT2D eigenvalue weighted by Crippen LogP contribution is 2.53. The first-order valence-corrected chi connectivity index (χ1v) is 7.58. The highest BCUT2D eigenvalue weighted by Gasteiger charge is 2.57. The van der Waals surface area contributed by atoms with Crippen molar-refractivity contribution < 1.29 is 17.6 Å². The van der Waals surface area contributed by atoms with Crippen LogP contribution in [0.4, 0.5) is 4.39 Å². The van der Waals surface area contributed by atoms with Crippen molar-refractivity contribution in [3.8, 4) is 0 Å². The summed E-state index contributed by atoms with van der Waals surface area (Å²) in [6.07, 6.45) is 0.174. The van der Waals surface area contributed by atoms with Gasteiger partial charge in [-0.25, -0.2) is 17.5 Å². The van der Waals surface area contributed by atoms with E-state index in [2.05, 4.69) is 0 Å². The SMILES string of the molecule is Cc1ccc(S(=O)(=O)NC(=O)[C@H]2CC2(Cl)Cl)c(F)c1. The van der Waals surface area contributed by atoms with Crippen molar-refractivity contribution >= 4 is 39.1 Å². The van der Waals surface area contributed by atoms with E-state index in [9.17, 15) is 17.6 Å². The first kappa shape index (κ1) is 14.6. The fraction of sp³-hybridized carbons (Fsp3) is 0.364. The molecule has 0 radical (unpaired) electrons. The Morgan fingerprint density at radius 1 is 1.47 bits per heavy atom. The Morgan fingerprint density at radius 3 is 2.53 bits per heavy atom. The molecule has 1 aliphatic carbocycles. The zero-order chi connectivity index (χ0) is 14.4. The molecule has 1 aliphatic rings. The maximum atomic E-state index is 13.6. The highest BCUT2D eigenvalue weighted by atomic mass is 35.5. The molecular weight excluding hydrogens is 316 g/mol.